The Bertz CT molecular complexity index is 1930. The van der Waals surface area contributed by atoms with E-state index < -0.39 is 30.4 Å². The highest BCUT2D eigenvalue weighted by molar-refractivity contribution is 6.09. The van der Waals surface area contributed by atoms with Gasteiger partial charge in [-0.2, -0.15) is 0 Å². The van der Waals surface area contributed by atoms with Crippen molar-refractivity contribution in [1.82, 2.24) is 0 Å². The third-order valence-electron chi connectivity index (χ3n) is 11.5. The molecule has 0 amide bonds. The average Bonchev–Trinajstić information content (AvgIpc) is 3.39. The summed E-state index contributed by atoms with van der Waals surface area (Å²) in [5.74, 6) is -2.27. The largest absolute Gasteiger partial charge is 0.461 e. The number of Topliss-reactive ketones (excluding diaryl/α,β-unsaturated/α-hetero) is 1. The summed E-state index contributed by atoms with van der Waals surface area (Å²) in [5.41, 5.74) is 3.89. The van der Waals surface area contributed by atoms with Gasteiger partial charge in [0.15, 0.2) is 11.6 Å². The van der Waals surface area contributed by atoms with Crippen LogP contribution in [0.5, 0.6) is 0 Å². The van der Waals surface area contributed by atoms with Crippen molar-refractivity contribution >= 4 is 33.9 Å². The monoisotopic (exact) mass is 674 g/mol. The Morgan fingerprint density at radius 3 is 2.02 bits per heavy atom. The van der Waals surface area contributed by atoms with Gasteiger partial charge in [-0.05, 0) is 98.5 Å². The molecule has 0 heterocycles. The molecule has 2 aliphatic rings. The van der Waals surface area contributed by atoms with Crippen molar-refractivity contribution < 1.29 is 27.9 Å². The van der Waals surface area contributed by atoms with Gasteiger partial charge in [0.1, 0.15) is 24.2 Å². The van der Waals surface area contributed by atoms with E-state index in [1.807, 2.05) is 26.0 Å². The van der Waals surface area contributed by atoms with Gasteiger partial charge in [-0.3, -0.25) is 14.4 Å². The Morgan fingerprint density at radius 2 is 1.40 bits per heavy atom. The molecule has 0 N–H and O–H groups in total. The van der Waals surface area contributed by atoms with Gasteiger partial charge in [0, 0.05) is 11.8 Å². The van der Waals surface area contributed by atoms with Crippen LogP contribution in [-0.4, -0.2) is 23.6 Å². The predicted octanol–water partition coefficient (Wildman–Crippen LogP) is 10.2. The van der Waals surface area contributed by atoms with E-state index in [1.165, 1.54) is 35.9 Å². The van der Waals surface area contributed by atoms with E-state index in [4.69, 9.17) is 4.74 Å². The molecule has 6 heteroatoms. The van der Waals surface area contributed by atoms with E-state index in [9.17, 15) is 23.2 Å². The summed E-state index contributed by atoms with van der Waals surface area (Å²) in [4.78, 5) is 39.6. The Hall–Kier alpha value is -4.71. The molecule has 258 valence electrons. The SMILES string of the molecule is CC(C)C(C=CC(=O)CC(=O)CC(=O)OC1C2CC[C@](C)(C1c1cccc3ccccc13)C2(C)C)=C(c1ccc(F)cc1)c1ccc(F)cc1. The molecule has 0 spiro atoms. The van der Waals surface area contributed by atoms with E-state index >= 15 is 0 Å². The van der Waals surface area contributed by atoms with Crippen molar-refractivity contribution in [1.29, 1.82) is 0 Å². The number of benzene rings is 4. The van der Waals surface area contributed by atoms with Crippen LogP contribution in [0.3, 0.4) is 0 Å². The highest BCUT2D eigenvalue weighted by Crippen LogP contribution is 2.72. The predicted molar refractivity (Wildman–Crippen MR) is 193 cm³/mol. The Labute approximate surface area is 293 Å². The maximum atomic E-state index is 13.8. The summed E-state index contributed by atoms with van der Waals surface area (Å²) in [7, 11) is 0. The minimum atomic E-state index is -0.605. The van der Waals surface area contributed by atoms with E-state index in [0.29, 0.717) is 11.1 Å². The van der Waals surface area contributed by atoms with Crippen molar-refractivity contribution in [2.24, 2.45) is 22.7 Å². The number of hydrogen-bond acceptors (Lipinski definition) is 4. The number of halogens is 2. The first-order valence-electron chi connectivity index (χ1n) is 17.5. The number of ether oxygens (including phenoxy) is 1. The van der Waals surface area contributed by atoms with E-state index in [0.717, 1.165) is 34.8 Å². The van der Waals surface area contributed by atoms with Crippen molar-refractivity contribution in [2.75, 3.05) is 0 Å². The topological polar surface area (TPSA) is 60.4 Å². The van der Waals surface area contributed by atoms with Gasteiger partial charge in [-0.15, -0.1) is 0 Å². The smallest absolute Gasteiger partial charge is 0.313 e. The van der Waals surface area contributed by atoms with Crippen LogP contribution in [0, 0.1) is 34.3 Å². The highest BCUT2D eigenvalue weighted by Gasteiger charge is 2.67. The van der Waals surface area contributed by atoms with Crippen LogP contribution in [0.15, 0.2) is 109 Å². The van der Waals surface area contributed by atoms with Gasteiger partial charge in [-0.25, -0.2) is 8.78 Å². The molecule has 50 heavy (non-hydrogen) atoms. The van der Waals surface area contributed by atoms with E-state index in [2.05, 4.69) is 51.1 Å². The van der Waals surface area contributed by atoms with Gasteiger partial charge < -0.3 is 4.74 Å². The maximum Gasteiger partial charge on any atom is 0.313 e. The molecule has 4 atom stereocenters. The molecule has 2 aliphatic carbocycles. The van der Waals surface area contributed by atoms with Gasteiger partial charge in [0.2, 0.25) is 0 Å². The van der Waals surface area contributed by atoms with Crippen molar-refractivity contribution in [3.8, 4) is 0 Å². The average molecular weight is 675 g/mol. The molecule has 4 nitrogen and oxygen atoms in total. The van der Waals surface area contributed by atoms with Gasteiger partial charge in [-0.1, -0.05) is 107 Å². The molecule has 4 aromatic carbocycles. The minimum absolute atomic E-state index is 0.0244. The van der Waals surface area contributed by atoms with Crippen LogP contribution in [0.2, 0.25) is 0 Å². The summed E-state index contributed by atoms with van der Waals surface area (Å²) in [6.45, 7) is 10.8. The fourth-order valence-corrected chi connectivity index (χ4v) is 8.63. The molecular formula is C44H44F2O4. The molecule has 0 aliphatic heterocycles. The van der Waals surface area contributed by atoms with E-state index in [1.54, 1.807) is 30.3 Å². The molecule has 0 saturated heterocycles. The van der Waals surface area contributed by atoms with Crippen LogP contribution in [0.1, 0.15) is 82.9 Å². The standard InChI is InChI=1S/C44H44F2O4/c1-27(2)35(40(29-13-17-31(45)18-14-29)30-15-19-32(46)20-16-30)22-21-33(47)25-34(48)26-39(49)50-42-38-23-24-44(5,43(38,3)4)41(42)37-12-8-10-28-9-6-7-11-36(28)37/h6-22,27,38,41-42H,23-26H2,1-5H3/t38?,41?,42?,44-/m1/s1. The number of hydrogen-bond donors (Lipinski definition) is 0. The van der Waals surface area contributed by atoms with Gasteiger partial charge >= 0.3 is 5.97 Å². The Kier molecular flexibility index (Phi) is 9.76. The van der Waals surface area contributed by atoms with Crippen molar-refractivity contribution in [3.63, 3.8) is 0 Å². The molecular weight excluding hydrogens is 630 g/mol. The number of fused-ring (bicyclic) bond motifs is 3. The summed E-state index contributed by atoms with van der Waals surface area (Å²) < 4.78 is 33.8. The number of carbonyl (C=O) groups excluding carboxylic acids is 3. The van der Waals surface area contributed by atoms with Crippen LogP contribution in [0.25, 0.3) is 16.3 Å². The quantitative estimate of drug-likeness (QED) is 0.0688. The summed E-state index contributed by atoms with van der Waals surface area (Å²) in [5, 5.41) is 2.29. The highest BCUT2D eigenvalue weighted by atomic mass is 19.1. The van der Waals surface area contributed by atoms with Crippen LogP contribution < -0.4 is 0 Å². The number of carbonyl (C=O) groups is 3. The second-order valence-corrected chi connectivity index (χ2v) is 15.0. The molecule has 0 aromatic heterocycles. The second kappa shape index (κ2) is 13.9. The lowest BCUT2D eigenvalue weighted by Crippen LogP contribution is -2.35. The fraction of sp³-hybridized carbons (Fsp3) is 0.341. The zero-order valence-electron chi connectivity index (χ0n) is 29.3. The number of ketones is 2. The number of rotatable bonds is 11. The van der Waals surface area contributed by atoms with Crippen LogP contribution in [0.4, 0.5) is 8.78 Å². The van der Waals surface area contributed by atoms with Gasteiger partial charge in [0.25, 0.3) is 0 Å². The van der Waals surface area contributed by atoms with Crippen LogP contribution >= 0.6 is 0 Å². The Morgan fingerprint density at radius 1 is 0.800 bits per heavy atom. The lowest BCUT2D eigenvalue weighted by molar-refractivity contribution is -0.155. The summed E-state index contributed by atoms with van der Waals surface area (Å²) in [6.07, 6.45) is 3.69. The summed E-state index contributed by atoms with van der Waals surface area (Å²) in [6, 6.07) is 26.5. The minimum Gasteiger partial charge on any atom is -0.461 e. The molecule has 0 radical (unpaired) electrons. The first kappa shape index (κ1) is 35.1. The number of allylic oxidation sites excluding steroid dienone is 3. The maximum absolute atomic E-state index is 13.8. The van der Waals surface area contributed by atoms with Gasteiger partial charge in [0.05, 0.1) is 6.42 Å². The molecule has 2 fully saturated rings. The lowest BCUT2D eigenvalue weighted by Gasteiger charge is -2.40. The normalized spacial score (nSPS) is 22.3. The third kappa shape index (κ3) is 6.60. The summed E-state index contributed by atoms with van der Waals surface area (Å²) >= 11 is 0. The molecule has 3 unspecified atom stereocenters. The first-order valence-corrected chi connectivity index (χ1v) is 17.5. The molecule has 2 bridgehead atoms. The van der Waals surface area contributed by atoms with Crippen LogP contribution in [-0.2, 0) is 19.1 Å². The number of esters is 1. The zero-order valence-corrected chi connectivity index (χ0v) is 29.3. The zero-order chi connectivity index (χ0) is 35.8. The molecule has 4 aromatic rings. The molecule has 6 rings (SSSR count). The second-order valence-electron chi connectivity index (χ2n) is 15.0. The molecule has 2 saturated carbocycles. The fourth-order valence-electron chi connectivity index (χ4n) is 8.63. The van der Waals surface area contributed by atoms with E-state index in [-0.39, 0.29) is 46.3 Å². The van der Waals surface area contributed by atoms with Crippen molar-refractivity contribution in [2.45, 2.75) is 72.3 Å². The third-order valence-corrected chi connectivity index (χ3v) is 11.5. The Balaban J connectivity index is 1.19. The first-order chi connectivity index (χ1) is 23.8. The van der Waals surface area contributed by atoms with Crippen molar-refractivity contribution in [3.05, 3.63) is 137 Å². The lowest BCUT2D eigenvalue weighted by atomic mass is 9.64.